The second kappa shape index (κ2) is 8.21. The Hall–Kier alpha value is -3.30. The highest BCUT2D eigenvalue weighted by molar-refractivity contribution is 7.13. The summed E-state index contributed by atoms with van der Waals surface area (Å²) in [5.74, 6) is 0.479. The van der Waals surface area contributed by atoms with Gasteiger partial charge in [0.05, 0.1) is 12.8 Å². The van der Waals surface area contributed by atoms with E-state index < -0.39 is 5.91 Å². The van der Waals surface area contributed by atoms with Gasteiger partial charge in [0, 0.05) is 23.0 Å². The zero-order valence-electron chi connectivity index (χ0n) is 16.0. The molecule has 0 bridgehead atoms. The molecule has 4 rings (SSSR count). The van der Waals surface area contributed by atoms with E-state index >= 15 is 0 Å². The Balaban J connectivity index is 1.66. The minimum atomic E-state index is -0.402. The van der Waals surface area contributed by atoms with Crippen molar-refractivity contribution in [3.8, 4) is 17.0 Å². The van der Waals surface area contributed by atoms with Crippen molar-refractivity contribution in [3.63, 3.8) is 0 Å². The highest BCUT2D eigenvalue weighted by Crippen LogP contribution is 2.28. The zero-order chi connectivity index (χ0) is 21.3. The smallest absolute Gasteiger partial charge is 0.273 e. The van der Waals surface area contributed by atoms with Crippen molar-refractivity contribution >= 4 is 44.9 Å². The molecule has 0 spiro atoms. The minimum absolute atomic E-state index is 0.203. The van der Waals surface area contributed by atoms with Crippen LogP contribution in [0.25, 0.3) is 21.5 Å². The van der Waals surface area contributed by atoms with E-state index in [-0.39, 0.29) is 12.1 Å². The maximum Gasteiger partial charge on any atom is 0.273 e. The van der Waals surface area contributed by atoms with Crippen molar-refractivity contribution in [1.82, 2.24) is 18.9 Å². The Morgan fingerprint density at radius 3 is 2.77 bits per heavy atom. The molecule has 0 saturated carbocycles. The third kappa shape index (κ3) is 3.77. The molecule has 1 N–H and O–H groups in total. The lowest BCUT2D eigenvalue weighted by molar-refractivity contribution is -0.116. The van der Waals surface area contributed by atoms with Crippen LogP contribution in [-0.2, 0) is 11.3 Å². The number of ether oxygens (including phenoxy) is 1. The number of hydrogen-bond acceptors (Lipinski definition) is 7. The summed E-state index contributed by atoms with van der Waals surface area (Å²) in [6.07, 6.45) is 3.31. The molecule has 10 heteroatoms. The third-order valence-electron chi connectivity index (χ3n) is 4.46. The number of fused-ring (bicyclic) bond motifs is 1. The topological polar surface area (TPSA) is 99.0 Å². The largest absolute Gasteiger partial charge is 0.495 e. The van der Waals surface area contributed by atoms with Gasteiger partial charge in [0.2, 0.25) is 5.91 Å². The standard InChI is InChI=1S/C20H16ClN5O3S/c1-11-23-18-17(12-5-7-22-8-6-12)25-30-19(18)20(28)26(11)10-16(27)24-14-9-13(21)3-4-15(14)29-2/h3-9H,10H2,1-2H3,(H,24,27). The first kappa shape index (κ1) is 20.0. The first-order chi connectivity index (χ1) is 14.5. The number of aryl methyl sites for hydroxylation is 1. The Kier molecular flexibility index (Phi) is 5.47. The molecule has 1 aromatic carbocycles. The molecular weight excluding hydrogens is 426 g/mol. The van der Waals surface area contributed by atoms with Crippen LogP contribution in [0.3, 0.4) is 0 Å². The van der Waals surface area contributed by atoms with Crippen molar-refractivity contribution < 1.29 is 9.53 Å². The van der Waals surface area contributed by atoms with Crippen molar-refractivity contribution in [3.05, 3.63) is 63.9 Å². The molecule has 8 nitrogen and oxygen atoms in total. The molecule has 3 aromatic heterocycles. The van der Waals surface area contributed by atoms with Crippen LogP contribution in [0.2, 0.25) is 5.02 Å². The molecule has 0 radical (unpaired) electrons. The van der Waals surface area contributed by atoms with Crippen LogP contribution in [0.4, 0.5) is 5.69 Å². The van der Waals surface area contributed by atoms with E-state index in [0.29, 0.717) is 38.2 Å². The predicted molar refractivity (Wildman–Crippen MR) is 116 cm³/mol. The van der Waals surface area contributed by atoms with Crippen LogP contribution in [0, 0.1) is 6.92 Å². The van der Waals surface area contributed by atoms with E-state index in [1.165, 1.54) is 11.7 Å². The van der Waals surface area contributed by atoms with E-state index in [1.54, 1.807) is 37.5 Å². The van der Waals surface area contributed by atoms with Crippen LogP contribution < -0.4 is 15.6 Å². The fourth-order valence-corrected chi connectivity index (χ4v) is 3.98. The number of methoxy groups -OCH3 is 1. The van der Waals surface area contributed by atoms with Crippen molar-refractivity contribution in [2.75, 3.05) is 12.4 Å². The molecule has 0 atom stereocenters. The number of aromatic nitrogens is 4. The number of carbonyl (C=O) groups is 1. The Morgan fingerprint density at radius 1 is 1.27 bits per heavy atom. The maximum atomic E-state index is 13.0. The number of nitrogens with zero attached hydrogens (tertiary/aromatic N) is 4. The quantitative estimate of drug-likeness (QED) is 0.508. The van der Waals surface area contributed by atoms with Gasteiger partial charge in [-0.3, -0.25) is 19.1 Å². The molecule has 0 fully saturated rings. The van der Waals surface area contributed by atoms with Crippen LogP contribution in [0.1, 0.15) is 5.82 Å². The molecule has 4 aromatic rings. The van der Waals surface area contributed by atoms with Gasteiger partial charge in [-0.1, -0.05) is 11.6 Å². The van der Waals surface area contributed by atoms with E-state index in [4.69, 9.17) is 16.3 Å². The van der Waals surface area contributed by atoms with E-state index in [0.717, 1.165) is 17.1 Å². The van der Waals surface area contributed by atoms with Gasteiger partial charge in [0.25, 0.3) is 5.56 Å². The Bertz CT molecular complexity index is 1300. The normalized spacial score (nSPS) is 10.9. The highest BCUT2D eigenvalue weighted by atomic mass is 35.5. The first-order valence-electron chi connectivity index (χ1n) is 8.88. The Morgan fingerprint density at radius 2 is 2.03 bits per heavy atom. The number of anilines is 1. The fraction of sp³-hybridized carbons (Fsp3) is 0.150. The number of carbonyl (C=O) groups excluding carboxylic acids is 1. The van der Waals surface area contributed by atoms with Crippen LogP contribution in [0.5, 0.6) is 5.75 Å². The van der Waals surface area contributed by atoms with Gasteiger partial charge >= 0.3 is 0 Å². The summed E-state index contributed by atoms with van der Waals surface area (Å²) in [5, 5.41) is 3.18. The second-order valence-corrected chi connectivity index (χ2v) is 7.60. The number of rotatable bonds is 5. The van der Waals surface area contributed by atoms with Gasteiger partial charge in [0.1, 0.15) is 34.0 Å². The minimum Gasteiger partial charge on any atom is -0.495 e. The van der Waals surface area contributed by atoms with Gasteiger partial charge in [-0.2, -0.15) is 4.37 Å². The molecule has 0 aliphatic rings. The summed E-state index contributed by atoms with van der Waals surface area (Å²) < 4.78 is 11.3. The zero-order valence-corrected chi connectivity index (χ0v) is 17.6. The van der Waals surface area contributed by atoms with E-state index in [9.17, 15) is 9.59 Å². The van der Waals surface area contributed by atoms with Crippen molar-refractivity contribution in [1.29, 1.82) is 0 Å². The highest BCUT2D eigenvalue weighted by Gasteiger charge is 2.18. The second-order valence-electron chi connectivity index (χ2n) is 6.39. The molecule has 1 amide bonds. The average molecular weight is 442 g/mol. The van der Waals surface area contributed by atoms with Crippen LogP contribution >= 0.6 is 23.1 Å². The predicted octanol–water partition coefficient (Wildman–Crippen LogP) is 3.52. The molecule has 0 aliphatic heterocycles. The number of halogens is 1. The first-order valence-corrected chi connectivity index (χ1v) is 10.0. The summed E-state index contributed by atoms with van der Waals surface area (Å²) in [5.41, 5.74) is 2.07. The molecule has 152 valence electrons. The summed E-state index contributed by atoms with van der Waals surface area (Å²) in [6.45, 7) is 1.48. The maximum absolute atomic E-state index is 13.0. The van der Waals surface area contributed by atoms with Crippen LogP contribution in [0.15, 0.2) is 47.5 Å². The number of nitrogens with one attached hydrogen (secondary N) is 1. The van der Waals surface area contributed by atoms with Crippen LogP contribution in [-0.4, -0.2) is 31.9 Å². The number of pyridine rings is 1. The van der Waals surface area contributed by atoms with E-state index in [1.807, 2.05) is 12.1 Å². The SMILES string of the molecule is COc1ccc(Cl)cc1NC(=O)Cn1c(C)nc2c(-c3ccncc3)nsc2c1=O. The molecule has 3 heterocycles. The molecule has 0 unspecified atom stereocenters. The summed E-state index contributed by atoms with van der Waals surface area (Å²) in [7, 11) is 1.50. The summed E-state index contributed by atoms with van der Waals surface area (Å²) in [6, 6.07) is 8.51. The van der Waals surface area contributed by atoms with Gasteiger partial charge in [-0.05, 0) is 48.8 Å². The van der Waals surface area contributed by atoms with Gasteiger partial charge in [0.15, 0.2) is 0 Å². The van der Waals surface area contributed by atoms with Crippen molar-refractivity contribution in [2.45, 2.75) is 13.5 Å². The molecule has 30 heavy (non-hydrogen) atoms. The van der Waals surface area contributed by atoms with E-state index in [2.05, 4.69) is 19.7 Å². The van der Waals surface area contributed by atoms with Gasteiger partial charge < -0.3 is 10.1 Å². The third-order valence-corrected chi connectivity index (χ3v) is 5.52. The van der Waals surface area contributed by atoms with Gasteiger partial charge in [-0.25, -0.2) is 4.98 Å². The lowest BCUT2D eigenvalue weighted by Crippen LogP contribution is -2.29. The lowest BCUT2D eigenvalue weighted by atomic mass is 10.2. The molecular formula is C20H16ClN5O3S. The fourth-order valence-electron chi connectivity index (χ4n) is 3.02. The monoisotopic (exact) mass is 441 g/mol. The number of amides is 1. The lowest BCUT2D eigenvalue weighted by Gasteiger charge is -2.12. The summed E-state index contributed by atoms with van der Waals surface area (Å²) >= 11 is 7.07. The summed E-state index contributed by atoms with van der Waals surface area (Å²) in [4.78, 5) is 34.2. The average Bonchev–Trinajstić information content (AvgIpc) is 3.16. The Labute approximate surface area is 180 Å². The molecule has 0 saturated heterocycles. The van der Waals surface area contributed by atoms with Crippen molar-refractivity contribution in [2.24, 2.45) is 0 Å². The molecule has 0 aliphatic carbocycles. The number of benzene rings is 1. The van der Waals surface area contributed by atoms with Gasteiger partial charge in [-0.15, -0.1) is 0 Å². The number of hydrogen-bond donors (Lipinski definition) is 1.